The highest BCUT2D eigenvalue weighted by molar-refractivity contribution is 7.89. The van der Waals surface area contributed by atoms with E-state index in [4.69, 9.17) is 4.74 Å². The SMILES string of the molecule is Cc1ccccc1Oc1ccc(S(=O)(=O)NCc2cccnc2-c2cccs2)cc1. The van der Waals surface area contributed by atoms with E-state index in [1.807, 2.05) is 54.8 Å². The first-order valence-corrected chi connectivity index (χ1v) is 11.7. The molecule has 0 saturated carbocycles. The molecule has 0 aliphatic heterocycles. The minimum Gasteiger partial charge on any atom is -0.457 e. The van der Waals surface area contributed by atoms with Gasteiger partial charge in [0.25, 0.3) is 0 Å². The molecule has 0 amide bonds. The Kier molecular flexibility index (Phi) is 5.94. The van der Waals surface area contributed by atoms with Crippen LogP contribution in [0.25, 0.3) is 10.6 Å². The molecule has 0 spiro atoms. The number of nitrogens with one attached hydrogen (secondary N) is 1. The lowest BCUT2D eigenvalue weighted by molar-refractivity contribution is 0.478. The zero-order chi connectivity index (χ0) is 21.0. The zero-order valence-electron chi connectivity index (χ0n) is 16.3. The normalized spacial score (nSPS) is 11.4. The molecule has 0 bridgehead atoms. The van der Waals surface area contributed by atoms with Crippen LogP contribution >= 0.6 is 11.3 Å². The molecule has 0 fully saturated rings. The van der Waals surface area contributed by atoms with Crippen molar-refractivity contribution in [2.75, 3.05) is 0 Å². The molecule has 152 valence electrons. The maximum atomic E-state index is 12.8. The third-order valence-corrected chi connectivity index (χ3v) is 6.85. The van der Waals surface area contributed by atoms with E-state index in [9.17, 15) is 8.42 Å². The summed E-state index contributed by atoms with van der Waals surface area (Å²) in [6.45, 7) is 2.12. The number of aromatic nitrogens is 1. The van der Waals surface area contributed by atoms with E-state index in [1.54, 1.807) is 47.9 Å². The lowest BCUT2D eigenvalue weighted by Gasteiger charge is -2.11. The van der Waals surface area contributed by atoms with Crippen LogP contribution in [0.4, 0.5) is 0 Å². The van der Waals surface area contributed by atoms with Gasteiger partial charge in [-0.3, -0.25) is 4.98 Å². The van der Waals surface area contributed by atoms with Gasteiger partial charge in [-0.25, -0.2) is 13.1 Å². The van der Waals surface area contributed by atoms with Crippen molar-refractivity contribution in [1.29, 1.82) is 0 Å². The van der Waals surface area contributed by atoms with Crippen molar-refractivity contribution in [3.8, 4) is 22.1 Å². The van der Waals surface area contributed by atoms with Crippen LogP contribution in [0.2, 0.25) is 0 Å². The van der Waals surface area contributed by atoms with Gasteiger partial charge in [0.05, 0.1) is 15.5 Å². The van der Waals surface area contributed by atoms with Gasteiger partial charge in [-0.1, -0.05) is 30.3 Å². The van der Waals surface area contributed by atoms with Crippen LogP contribution in [0, 0.1) is 6.92 Å². The molecule has 0 radical (unpaired) electrons. The fraction of sp³-hybridized carbons (Fsp3) is 0.0870. The van der Waals surface area contributed by atoms with Crippen molar-refractivity contribution in [3.63, 3.8) is 0 Å². The van der Waals surface area contributed by atoms with Crippen LogP contribution in [0.15, 0.2) is 89.3 Å². The molecule has 0 aliphatic rings. The number of hydrogen-bond donors (Lipinski definition) is 1. The van der Waals surface area contributed by atoms with Crippen molar-refractivity contribution in [2.45, 2.75) is 18.4 Å². The van der Waals surface area contributed by atoms with Crippen LogP contribution in [-0.4, -0.2) is 13.4 Å². The Labute approximate surface area is 180 Å². The number of pyridine rings is 1. The number of ether oxygens (including phenoxy) is 1. The van der Waals surface area contributed by atoms with E-state index < -0.39 is 10.0 Å². The Morgan fingerprint density at radius 3 is 2.50 bits per heavy atom. The van der Waals surface area contributed by atoms with Crippen molar-refractivity contribution in [3.05, 3.63) is 95.5 Å². The summed E-state index contributed by atoms with van der Waals surface area (Å²) in [6.07, 6.45) is 1.71. The third-order valence-electron chi connectivity index (χ3n) is 4.55. The highest BCUT2D eigenvalue weighted by Gasteiger charge is 2.16. The monoisotopic (exact) mass is 436 g/mol. The summed E-state index contributed by atoms with van der Waals surface area (Å²) in [5.41, 5.74) is 2.62. The van der Waals surface area contributed by atoms with Crippen molar-refractivity contribution < 1.29 is 13.2 Å². The predicted octanol–water partition coefficient (Wildman–Crippen LogP) is 5.39. The van der Waals surface area contributed by atoms with Gasteiger partial charge in [-0.05, 0) is 65.9 Å². The Morgan fingerprint density at radius 2 is 1.77 bits per heavy atom. The number of thiophene rings is 1. The summed E-state index contributed by atoms with van der Waals surface area (Å²) in [5.74, 6) is 1.32. The Hall–Kier alpha value is -3.00. The molecule has 0 saturated heterocycles. The topological polar surface area (TPSA) is 68.3 Å². The van der Waals surface area contributed by atoms with Gasteiger partial charge in [0.15, 0.2) is 0 Å². The molecular formula is C23H20N2O3S2. The number of sulfonamides is 1. The van der Waals surface area contributed by atoms with E-state index in [1.165, 1.54) is 0 Å². The molecule has 2 heterocycles. The second kappa shape index (κ2) is 8.79. The standard InChI is InChI=1S/C23H20N2O3S2/c1-17-6-2-3-8-21(17)28-19-10-12-20(13-11-19)30(26,27)25-16-18-7-4-14-24-23(18)22-9-5-15-29-22/h2-15,25H,16H2,1H3. The fourth-order valence-electron chi connectivity index (χ4n) is 2.96. The molecule has 1 N–H and O–H groups in total. The molecule has 0 aliphatic carbocycles. The number of rotatable bonds is 7. The number of benzene rings is 2. The number of hydrogen-bond acceptors (Lipinski definition) is 5. The minimum atomic E-state index is -3.67. The molecule has 4 aromatic rings. The Morgan fingerprint density at radius 1 is 0.967 bits per heavy atom. The van der Waals surface area contributed by atoms with Crippen LogP contribution in [0.3, 0.4) is 0 Å². The lowest BCUT2D eigenvalue weighted by atomic mass is 10.2. The van der Waals surface area contributed by atoms with Gasteiger partial charge in [0, 0.05) is 12.7 Å². The second-order valence-electron chi connectivity index (χ2n) is 6.65. The van der Waals surface area contributed by atoms with E-state index in [2.05, 4.69) is 9.71 Å². The Bertz CT molecular complexity index is 1240. The van der Waals surface area contributed by atoms with Gasteiger partial charge in [-0.2, -0.15) is 0 Å². The maximum Gasteiger partial charge on any atom is 0.240 e. The van der Waals surface area contributed by atoms with Crippen LogP contribution in [0.5, 0.6) is 11.5 Å². The highest BCUT2D eigenvalue weighted by atomic mass is 32.2. The average molecular weight is 437 g/mol. The second-order valence-corrected chi connectivity index (χ2v) is 9.37. The molecule has 30 heavy (non-hydrogen) atoms. The predicted molar refractivity (Wildman–Crippen MR) is 119 cm³/mol. The lowest BCUT2D eigenvalue weighted by Crippen LogP contribution is -2.23. The first-order valence-electron chi connectivity index (χ1n) is 9.34. The third kappa shape index (κ3) is 4.59. The maximum absolute atomic E-state index is 12.8. The largest absolute Gasteiger partial charge is 0.457 e. The van der Waals surface area contributed by atoms with Gasteiger partial charge in [0.2, 0.25) is 10.0 Å². The molecule has 0 atom stereocenters. The first kappa shape index (κ1) is 20.3. The van der Waals surface area contributed by atoms with Crippen LogP contribution < -0.4 is 9.46 Å². The van der Waals surface area contributed by atoms with E-state index >= 15 is 0 Å². The van der Waals surface area contributed by atoms with E-state index in [0.29, 0.717) is 5.75 Å². The summed E-state index contributed by atoms with van der Waals surface area (Å²) in [4.78, 5) is 5.60. The van der Waals surface area contributed by atoms with Gasteiger partial charge < -0.3 is 4.74 Å². The van der Waals surface area contributed by atoms with E-state index in [-0.39, 0.29) is 11.4 Å². The molecule has 5 nitrogen and oxygen atoms in total. The minimum absolute atomic E-state index is 0.158. The van der Waals surface area contributed by atoms with Crippen molar-refractivity contribution >= 4 is 21.4 Å². The van der Waals surface area contributed by atoms with Gasteiger partial charge in [-0.15, -0.1) is 11.3 Å². The van der Waals surface area contributed by atoms with Crippen molar-refractivity contribution in [2.24, 2.45) is 0 Å². The Balaban J connectivity index is 1.48. The summed E-state index contributed by atoms with van der Waals surface area (Å²) < 4.78 is 34.0. The van der Waals surface area contributed by atoms with Gasteiger partial charge >= 0.3 is 0 Å². The first-order chi connectivity index (χ1) is 14.5. The number of aryl methyl sites for hydroxylation is 1. The summed E-state index contributed by atoms with van der Waals surface area (Å²) in [5, 5.41) is 1.97. The average Bonchev–Trinajstić information content (AvgIpc) is 3.29. The molecular weight excluding hydrogens is 416 g/mol. The van der Waals surface area contributed by atoms with Gasteiger partial charge in [0.1, 0.15) is 11.5 Å². The number of para-hydroxylation sites is 1. The fourth-order valence-corrected chi connectivity index (χ4v) is 4.72. The zero-order valence-corrected chi connectivity index (χ0v) is 17.9. The molecule has 2 aromatic carbocycles. The van der Waals surface area contributed by atoms with Crippen molar-refractivity contribution in [1.82, 2.24) is 9.71 Å². The number of nitrogens with zero attached hydrogens (tertiary/aromatic N) is 1. The van der Waals surface area contributed by atoms with E-state index in [0.717, 1.165) is 27.4 Å². The molecule has 2 aromatic heterocycles. The smallest absolute Gasteiger partial charge is 0.240 e. The quantitative estimate of drug-likeness (QED) is 0.422. The van der Waals surface area contributed by atoms with Crippen LogP contribution in [0.1, 0.15) is 11.1 Å². The van der Waals surface area contributed by atoms with Crippen LogP contribution in [-0.2, 0) is 16.6 Å². The summed E-state index contributed by atoms with van der Waals surface area (Å²) >= 11 is 1.57. The summed E-state index contributed by atoms with van der Waals surface area (Å²) in [7, 11) is -3.67. The molecule has 0 unspecified atom stereocenters. The summed E-state index contributed by atoms with van der Waals surface area (Å²) in [6, 6.07) is 21.7. The molecule has 4 rings (SSSR count). The molecule has 7 heteroatoms. The highest BCUT2D eigenvalue weighted by Crippen LogP contribution is 2.27.